The second kappa shape index (κ2) is 7.71. The maximum Gasteiger partial charge on any atom is 0.244 e. The summed E-state index contributed by atoms with van der Waals surface area (Å²) in [6.07, 6.45) is 5.85. The summed E-state index contributed by atoms with van der Waals surface area (Å²) in [5.41, 5.74) is 1.14. The van der Waals surface area contributed by atoms with Crippen LogP contribution in [0.25, 0.3) is 0 Å². The van der Waals surface area contributed by atoms with Gasteiger partial charge in [0.1, 0.15) is 6.04 Å². The van der Waals surface area contributed by atoms with Gasteiger partial charge in [0.25, 0.3) is 0 Å². The van der Waals surface area contributed by atoms with E-state index in [9.17, 15) is 4.79 Å². The third kappa shape index (κ3) is 3.51. The first-order valence-electron chi connectivity index (χ1n) is 9.47. The van der Waals surface area contributed by atoms with Crippen molar-refractivity contribution in [3.8, 4) is 0 Å². The van der Waals surface area contributed by atoms with E-state index in [2.05, 4.69) is 51.6 Å². The number of carbonyl (C=O) groups excluding carboxylic acids is 1. The van der Waals surface area contributed by atoms with Gasteiger partial charge in [-0.05, 0) is 55.7 Å². The van der Waals surface area contributed by atoms with Crippen molar-refractivity contribution in [2.75, 3.05) is 19.6 Å². The summed E-state index contributed by atoms with van der Waals surface area (Å²) in [6.45, 7) is 2.83. The van der Waals surface area contributed by atoms with Crippen molar-refractivity contribution >= 4 is 17.2 Å². The summed E-state index contributed by atoms with van der Waals surface area (Å²) in [4.78, 5) is 19.4. The van der Waals surface area contributed by atoms with Crippen molar-refractivity contribution in [2.45, 2.75) is 44.2 Å². The summed E-state index contributed by atoms with van der Waals surface area (Å²) in [7, 11) is 0. The number of rotatable bonds is 4. The van der Waals surface area contributed by atoms with Crippen LogP contribution < -0.4 is 0 Å². The SMILES string of the molecule is O=C([C@@H](c1ccccc1)N1CCC[C@H]1c1cccs1)N1CCCCC1. The Balaban J connectivity index is 1.66. The molecule has 132 valence electrons. The van der Waals surface area contributed by atoms with Crippen molar-refractivity contribution in [2.24, 2.45) is 0 Å². The summed E-state index contributed by atoms with van der Waals surface area (Å²) in [5.74, 6) is 0.300. The minimum Gasteiger partial charge on any atom is -0.341 e. The van der Waals surface area contributed by atoms with Gasteiger partial charge in [-0.25, -0.2) is 0 Å². The normalized spacial score (nSPS) is 22.9. The summed E-state index contributed by atoms with van der Waals surface area (Å²) in [5, 5.41) is 2.15. The first-order valence-corrected chi connectivity index (χ1v) is 10.4. The molecule has 3 heterocycles. The van der Waals surface area contributed by atoms with E-state index in [1.165, 1.54) is 17.7 Å². The van der Waals surface area contributed by atoms with E-state index in [-0.39, 0.29) is 6.04 Å². The third-order valence-corrected chi connectivity index (χ3v) is 6.49. The molecule has 2 fully saturated rings. The van der Waals surface area contributed by atoms with Crippen LogP contribution in [-0.4, -0.2) is 35.3 Å². The predicted molar refractivity (Wildman–Crippen MR) is 103 cm³/mol. The molecule has 4 rings (SSSR count). The van der Waals surface area contributed by atoms with Crippen LogP contribution >= 0.6 is 11.3 Å². The minimum absolute atomic E-state index is 0.145. The van der Waals surface area contributed by atoms with Gasteiger partial charge in [-0.3, -0.25) is 9.69 Å². The molecule has 1 amide bonds. The average molecular weight is 355 g/mol. The Labute approximate surface area is 154 Å². The highest BCUT2D eigenvalue weighted by Gasteiger charge is 2.38. The Hall–Kier alpha value is -1.65. The van der Waals surface area contributed by atoms with Crippen molar-refractivity contribution in [3.63, 3.8) is 0 Å². The van der Waals surface area contributed by atoms with Crippen LogP contribution in [0, 0.1) is 0 Å². The highest BCUT2D eigenvalue weighted by atomic mass is 32.1. The molecular formula is C21H26N2OS. The third-order valence-electron chi connectivity index (χ3n) is 5.51. The Morgan fingerprint density at radius 3 is 2.48 bits per heavy atom. The number of hydrogen-bond donors (Lipinski definition) is 0. The van der Waals surface area contributed by atoms with Gasteiger partial charge in [0, 0.05) is 24.0 Å². The molecule has 1 aromatic carbocycles. The largest absolute Gasteiger partial charge is 0.341 e. The number of piperidine rings is 1. The zero-order valence-electron chi connectivity index (χ0n) is 14.6. The number of hydrogen-bond acceptors (Lipinski definition) is 3. The molecule has 0 unspecified atom stereocenters. The highest BCUT2D eigenvalue weighted by molar-refractivity contribution is 7.10. The molecule has 0 spiro atoms. The molecule has 0 aliphatic carbocycles. The molecule has 2 aliphatic rings. The maximum absolute atomic E-state index is 13.5. The van der Waals surface area contributed by atoms with Gasteiger partial charge in [-0.1, -0.05) is 36.4 Å². The van der Waals surface area contributed by atoms with Crippen LogP contribution in [-0.2, 0) is 4.79 Å². The smallest absolute Gasteiger partial charge is 0.244 e. The van der Waals surface area contributed by atoms with Gasteiger partial charge in [-0.2, -0.15) is 0 Å². The molecule has 2 atom stereocenters. The molecule has 4 heteroatoms. The van der Waals surface area contributed by atoms with Gasteiger partial charge in [0.2, 0.25) is 5.91 Å². The number of carbonyl (C=O) groups is 1. The van der Waals surface area contributed by atoms with Gasteiger partial charge in [0.15, 0.2) is 0 Å². The number of likely N-dealkylation sites (tertiary alicyclic amines) is 2. The average Bonchev–Trinajstić information content (AvgIpc) is 3.35. The van der Waals surface area contributed by atoms with E-state index in [0.29, 0.717) is 11.9 Å². The first kappa shape index (κ1) is 16.8. The van der Waals surface area contributed by atoms with Crippen LogP contribution in [0.1, 0.15) is 54.6 Å². The molecule has 25 heavy (non-hydrogen) atoms. The lowest BCUT2D eigenvalue weighted by Gasteiger charge is -2.37. The fourth-order valence-electron chi connectivity index (χ4n) is 4.28. The van der Waals surface area contributed by atoms with E-state index in [1.807, 2.05) is 17.4 Å². The van der Waals surface area contributed by atoms with E-state index in [4.69, 9.17) is 0 Å². The van der Waals surface area contributed by atoms with Crippen molar-refractivity contribution in [1.82, 2.24) is 9.80 Å². The lowest BCUT2D eigenvalue weighted by Crippen LogP contribution is -2.44. The maximum atomic E-state index is 13.5. The van der Waals surface area contributed by atoms with Crippen molar-refractivity contribution in [3.05, 3.63) is 58.3 Å². The van der Waals surface area contributed by atoms with Crippen LogP contribution in [0.4, 0.5) is 0 Å². The molecule has 3 nitrogen and oxygen atoms in total. The van der Waals surface area contributed by atoms with E-state index in [0.717, 1.165) is 44.5 Å². The summed E-state index contributed by atoms with van der Waals surface area (Å²) in [6, 6.07) is 15.0. The molecular weight excluding hydrogens is 328 g/mol. The van der Waals surface area contributed by atoms with Gasteiger partial charge < -0.3 is 4.90 Å². The van der Waals surface area contributed by atoms with Gasteiger partial charge in [0.05, 0.1) is 0 Å². The Bertz CT molecular complexity index is 679. The minimum atomic E-state index is -0.145. The van der Waals surface area contributed by atoms with E-state index in [1.54, 1.807) is 0 Å². The van der Waals surface area contributed by atoms with Crippen molar-refractivity contribution < 1.29 is 4.79 Å². The molecule has 2 aromatic rings. The Morgan fingerprint density at radius 2 is 1.76 bits per heavy atom. The van der Waals surface area contributed by atoms with E-state index >= 15 is 0 Å². The highest BCUT2D eigenvalue weighted by Crippen LogP contribution is 2.41. The quantitative estimate of drug-likeness (QED) is 0.798. The molecule has 1 aromatic heterocycles. The number of amides is 1. The second-order valence-corrected chi connectivity index (χ2v) is 8.09. The second-order valence-electron chi connectivity index (χ2n) is 7.11. The summed E-state index contributed by atoms with van der Waals surface area (Å²) < 4.78 is 0. The molecule has 2 saturated heterocycles. The van der Waals surface area contributed by atoms with E-state index < -0.39 is 0 Å². The van der Waals surface area contributed by atoms with Crippen LogP contribution in [0.15, 0.2) is 47.8 Å². The predicted octanol–water partition coefficient (Wildman–Crippen LogP) is 4.64. The Morgan fingerprint density at radius 1 is 0.960 bits per heavy atom. The molecule has 0 bridgehead atoms. The molecule has 0 saturated carbocycles. The van der Waals surface area contributed by atoms with Crippen molar-refractivity contribution in [1.29, 1.82) is 0 Å². The molecule has 0 N–H and O–H groups in total. The van der Waals surface area contributed by atoms with Crippen LogP contribution in [0.2, 0.25) is 0 Å². The van der Waals surface area contributed by atoms with Gasteiger partial charge >= 0.3 is 0 Å². The van der Waals surface area contributed by atoms with Crippen LogP contribution in [0.3, 0.4) is 0 Å². The summed E-state index contributed by atoms with van der Waals surface area (Å²) >= 11 is 1.82. The van der Waals surface area contributed by atoms with Gasteiger partial charge in [-0.15, -0.1) is 11.3 Å². The monoisotopic (exact) mass is 354 g/mol. The Kier molecular flexibility index (Phi) is 5.18. The topological polar surface area (TPSA) is 23.6 Å². The number of thiophene rings is 1. The van der Waals surface area contributed by atoms with Crippen LogP contribution in [0.5, 0.6) is 0 Å². The lowest BCUT2D eigenvalue weighted by molar-refractivity contribution is -0.138. The fraction of sp³-hybridized carbons (Fsp3) is 0.476. The number of nitrogens with zero attached hydrogens (tertiary/aromatic N) is 2. The number of benzene rings is 1. The molecule has 2 aliphatic heterocycles. The first-order chi connectivity index (χ1) is 12.3. The molecule has 0 radical (unpaired) electrons. The lowest BCUT2D eigenvalue weighted by atomic mass is 10.0. The zero-order valence-corrected chi connectivity index (χ0v) is 15.5. The standard InChI is InChI=1S/C21H26N2OS/c24-21(22-13-5-2-6-14-22)20(17-9-3-1-4-10-17)23-15-7-11-18(23)19-12-8-16-25-19/h1,3-4,8-10,12,16,18,20H,2,5-7,11,13-15H2/t18-,20+/m0/s1. The fourth-order valence-corrected chi connectivity index (χ4v) is 5.16. The zero-order chi connectivity index (χ0) is 17.1.